The molecule has 2 aromatic carbocycles. The van der Waals surface area contributed by atoms with E-state index < -0.39 is 12.1 Å². The van der Waals surface area contributed by atoms with Gasteiger partial charge in [0.1, 0.15) is 11.5 Å². The van der Waals surface area contributed by atoms with Crippen LogP contribution in [0, 0.1) is 0 Å². The van der Waals surface area contributed by atoms with Crippen molar-refractivity contribution in [2.75, 3.05) is 43.9 Å². The summed E-state index contributed by atoms with van der Waals surface area (Å²) in [5.74, 6) is 0.0225. The van der Waals surface area contributed by atoms with Crippen molar-refractivity contribution in [2.24, 2.45) is 0 Å². The number of anilines is 2. The van der Waals surface area contributed by atoms with E-state index in [1.54, 1.807) is 18.2 Å². The third-order valence-corrected chi connectivity index (χ3v) is 4.72. The maximum Gasteiger partial charge on any atom is 0.394 e. The van der Waals surface area contributed by atoms with Gasteiger partial charge in [0.2, 0.25) is 0 Å². The van der Waals surface area contributed by atoms with E-state index in [2.05, 4.69) is 39.4 Å². The van der Waals surface area contributed by atoms with E-state index in [0.29, 0.717) is 36.2 Å². The summed E-state index contributed by atoms with van der Waals surface area (Å²) in [4.78, 5) is 27.0. The Kier molecular flexibility index (Phi) is 9.41. The molecule has 2 aromatic rings. The maximum absolute atomic E-state index is 12.9. The number of alkyl halides is 2. The van der Waals surface area contributed by atoms with Gasteiger partial charge in [-0.2, -0.15) is 8.78 Å². The van der Waals surface area contributed by atoms with Crippen molar-refractivity contribution in [2.45, 2.75) is 26.9 Å². The van der Waals surface area contributed by atoms with Gasteiger partial charge in [-0.1, -0.05) is 13.8 Å². The van der Waals surface area contributed by atoms with Crippen molar-refractivity contribution in [3.05, 3.63) is 48.0 Å². The number of urea groups is 1. The number of carbonyl (C=O) groups excluding carboxylic acids is 2. The van der Waals surface area contributed by atoms with E-state index in [0.717, 1.165) is 19.6 Å². The van der Waals surface area contributed by atoms with Crippen molar-refractivity contribution < 1.29 is 27.8 Å². The molecule has 2 rings (SSSR count). The van der Waals surface area contributed by atoms with Gasteiger partial charge < -0.3 is 30.3 Å². The molecule has 0 aromatic heterocycles. The van der Waals surface area contributed by atoms with Gasteiger partial charge >= 0.3 is 12.1 Å². The summed E-state index contributed by atoms with van der Waals surface area (Å²) in [6, 6.07) is 9.66. The van der Waals surface area contributed by atoms with Crippen molar-refractivity contribution in [1.82, 2.24) is 10.2 Å². The molecule has 0 spiro atoms. The molecule has 0 heterocycles. The second-order valence-electron chi connectivity index (χ2n) is 7.21. The van der Waals surface area contributed by atoms with Crippen LogP contribution in [0.25, 0.3) is 0 Å². The first-order chi connectivity index (χ1) is 15.6. The van der Waals surface area contributed by atoms with E-state index in [4.69, 9.17) is 4.74 Å². The summed E-state index contributed by atoms with van der Waals surface area (Å²) in [6.45, 7) is 7.83. The fraction of sp³-hybridized carbons (Fsp3) is 0.391. The fourth-order valence-electron chi connectivity index (χ4n) is 3.03. The molecule has 0 fully saturated rings. The molecule has 3 N–H and O–H groups in total. The van der Waals surface area contributed by atoms with Crippen molar-refractivity contribution in [3.63, 3.8) is 0 Å². The Labute approximate surface area is 192 Å². The summed E-state index contributed by atoms with van der Waals surface area (Å²) in [7, 11) is 1.44. The average molecular weight is 465 g/mol. The molecule has 0 radical (unpaired) electrons. The third kappa shape index (κ3) is 8.57. The number of amides is 3. The molecular formula is C23H30F2N4O4. The molecule has 0 aliphatic heterocycles. The highest BCUT2D eigenvalue weighted by Crippen LogP contribution is 2.25. The Bertz CT molecular complexity index is 929. The van der Waals surface area contributed by atoms with Gasteiger partial charge in [-0.3, -0.25) is 4.79 Å². The smallest absolute Gasteiger partial charge is 0.394 e. The van der Waals surface area contributed by atoms with Crippen LogP contribution in [0.4, 0.5) is 25.0 Å². The molecule has 0 bridgehead atoms. The molecule has 180 valence electrons. The van der Waals surface area contributed by atoms with Gasteiger partial charge in [-0.05, 0) is 49.5 Å². The summed E-state index contributed by atoms with van der Waals surface area (Å²) < 4.78 is 35.5. The lowest BCUT2D eigenvalue weighted by Gasteiger charge is -2.18. The number of rotatable bonds is 11. The van der Waals surface area contributed by atoms with Crippen molar-refractivity contribution >= 4 is 23.3 Å². The molecule has 0 saturated carbocycles. The first-order valence-corrected chi connectivity index (χ1v) is 10.6. The number of methoxy groups -OCH3 is 1. The summed E-state index contributed by atoms with van der Waals surface area (Å²) in [5.41, 5.74) is 1.15. The average Bonchev–Trinajstić information content (AvgIpc) is 2.76. The summed E-state index contributed by atoms with van der Waals surface area (Å²) in [5, 5.41) is 8.09. The van der Waals surface area contributed by atoms with Crippen LogP contribution in [0.3, 0.4) is 0 Å². The zero-order valence-corrected chi connectivity index (χ0v) is 19.2. The minimum absolute atomic E-state index is 0.0239. The van der Waals surface area contributed by atoms with Gasteiger partial charge in [0, 0.05) is 37.5 Å². The molecule has 0 aliphatic rings. The number of nitrogens with one attached hydrogen (secondary N) is 3. The minimum atomic E-state index is -3.29. The molecule has 10 heteroatoms. The highest BCUT2D eigenvalue weighted by Gasteiger charge is 2.23. The van der Waals surface area contributed by atoms with Gasteiger partial charge in [0.05, 0.1) is 12.7 Å². The molecule has 3 amide bonds. The number of halogens is 2. The lowest BCUT2D eigenvalue weighted by molar-refractivity contribution is -0.158. The van der Waals surface area contributed by atoms with Crippen molar-refractivity contribution in [3.8, 4) is 11.5 Å². The van der Waals surface area contributed by atoms with Crippen LogP contribution in [-0.4, -0.2) is 56.2 Å². The van der Waals surface area contributed by atoms with Crippen LogP contribution in [0.2, 0.25) is 0 Å². The first kappa shape index (κ1) is 25.9. The first-order valence-electron chi connectivity index (χ1n) is 10.6. The lowest BCUT2D eigenvalue weighted by atomic mass is 10.1. The number of likely N-dealkylation sites (N-methyl/N-ethyl adjacent to an activating group) is 1. The standard InChI is InChI=1S/C23H30F2N4O4/c1-5-29(6-2)14-13-26-21(30)19-12-9-17(15-20(19)32-4)28-22(31)27-16-7-10-18(11-8-16)33-23(3,24)25/h7-12,15H,5-6,13-14H2,1-4H3,(H,26,30)(H2,27,28,31). The third-order valence-electron chi connectivity index (χ3n) is 4.72. The Morgan fingerprint density at radius 2 is 1.61 bits per heavy atom. The van der Waals surface area contributed by atoms with Crippen LogP contribution in [0.15, 0.2) is 42.5 Å². The normalized spacial score (nSPS) is 11.1. The Morgan fingerprint density at radius 1 is 1.00 bits per heavy atom. The van der Waals surface area contributed by atoms with E-state index in [1.165, 1.54) is 31.4 Å². The molecule has 0 aliphatic carbocycles. The van der Waals surface area contributed by atoms with Gasteiger partial charge in [0.25, 0.3) is 5.91 Å². The van der Waals surface area contributed by atoms with Crippen LogP contribution in [0.5, 0.6) is 11.5 Å². The summed E-state index contributed by atoms with van der Waals surface area (Å²) >= 11 is 0. The van der Waals surface area contributed by atoms with Crippen molar-refractivity contribution in [1.29, 1.82) is 0 Å². The number of hydrogen-bond donors (Lipinski definition) is 3. The predicted octanol–water partition coefficient (Wildman–Crippen LogP) is 4.40. The van der Waals surface area contributed by atoms with E-state index in [-0.39, 0.29) is 11.7 Å². The van der Waals surface area contributed by atoms with Crippen LogP contribution in [-0.2, 0) is 0 Å². The Balaban J connectivity index is 1.95. The molecule has 0 unspecified atom stereocenters. The zero-order valence-electron chi connectivity index (χ0n) is 19.2. The number of hydrogen-bond acceptors (Lipinski definition) is 5. The fourth-order valence-corrected chi connectivity index (χ4v) is 3.03. The Morgan fingerprint density at radius 3 is 2.18 bits per heavy atom. The number of carbonyl (C=O) groups is 2. The molecule has 33 heavy (non-hydrogen) atoms. The largest absolute Gasteiger partial charge is 0.496 e. The van der Waals surface area contributed by atoms with Crippen LogP contribution >= 0.6 is 0 Å². The zero-order chi connectivity index (χ0) is 24.4. The van der Waals surface area contributed by atoms with E-state index >= 15 is 0 Å². The van der Waals surface area contributed by atoms with Crippen LogP contribution < -0.4 is 25.4 Å². The second kappa shape index (κ2) is 12.0. The number of benzene rings is 2. The number of ether oxygens (including phenoxy) is 2. The molecule has 0 atom stereocenters. The SMILES string of the molecule is CCN(CC)CCNC(=O)c1ccc(NC(=O)Nc2ccc(OC(C)(F)F)cc2)cc1OC. The highest BCUT2D eigenvalue weighted by molar-refractivity contribution is 6.01. The maximum atomic E-state index is 12.9. The lowest BCUT2D eigenvalue weighted by Crippen LogP contribution is -2.34. The number of nitrogens with zero attached hydrogens (tertiary/aromatic N) is 1. The topological polar surface area (TPSA) is 91.9 Å². The van der Waals surface area contributed by atoms with E-state index in [9.17, 15) is 18.4 Å². The predicted molar refractivity (Wildman–Crippen MR) is 123 cm³/mol. The van der Waals surface area contributed by atoms with Gasteiger partial charge in [0.15, 0.2) is 0 Å². The highest BCUT2D eigenvalue weighted by atomic mass is 19.3. The molecule has 0 saturated heterocycles. The van der Waals surface area contributed by atoms with Gasteiger partial charge in [-0.25, -0.2) is 4.79 Å². The quantitative estimate of drug-likeness (QED) is 0.458. The Hall–Kier alpha value is -3.40. The molecule has 8 nitrogen and oxygen atoms in total. The monoisotopic (exact) mass is 464 g/mol. The second-order valence-corrected chi connectivity index (χ2v) is 7.21. The van der Waals surface area contributed by atoms with Gasteiger partial charge in [-0.15, -0.1) is 0 Å². The van der Waals surface area contributed by atoms with E-state index in [1.807, 2.05) is 0 Å². The molecular weight excluding hydrogens is 434 g/mol. The summed E-state index contributed by atoms with van der Waals surface area (Å²) in [6.07, 6.45) is -3.29. The van der Waals surface area contributed by atoms with Crippen LogP contribution in [0.1, 0.15) is 31.1 Å². The minimum Gasteiger partial charge on any atom is -0.496 e.